The van der Waals surface area contributed by atoms with Crippen molar-refractivity contribution >= 4 is 17.4 Å². The fourth-order valence-corrected chi connectivity index (χ4v) is 2.42. The Morgan fingerprint density at radius 2 is 2.17 bits per heavy atom. The van der Waals surface area contributed by atoms with E-state index in [1.807, 2.05) is 18.2 Å². The third-order valence-corrected chi connectivity index (χ3v) is 3.29. The maximum Gasteiger partial charge on any atom is 0.228 e. The van der Waals surface area contributed by atoms with Crippen molar-refractivity contribution in [1.82, 2.24) is 0 Å². The molecule has 2 heterocycles. The molecule has 5 nitrogen and oxygen atoms in total. The minimum atomic E-state index is -0.105. The van der Waals surface area contributed by atoms with Crippen LogP contribution < -0.4 is 15.4 Å². The van der Waals surface area contributed by atoms with Crippen LogP contribution in [0.3, 0.4) is 0 Å². The van der Waals surface area contributed by atoms with Gasteiger partial charge in [-0.3, -0.25) is 9.59 Å². The predicted molar refractivity (Wildman–Crippen MR) is 65.6 cm³/mol. The van der Waals surface area contributed by atoms with Crippen LogP contribution in [0.1, 0.15) is 12.0 Å². The number of benzene rings is 1. The van der Waals surface area contributed by atoms with E-state index in [1.54, 1.807) is 4.90 Å². The highest BCUT2D eigenvalue weighted by Crippen LogP contribution is 2.30. The van der Waals surface area contributed by atoms with Crippen LogP contribution >= 0.6 is 0 Å². The maximum atomic E-state index is 11.8. The van der Waals surface area contributed by atoms with Crippen LogP contribution in [0.5, 0.6) is 5.75 Å². The number of fused-ring (bicyclic) bond motifs is 1. The van der Waals surface area contributed by atoms with Crippen molar-refractivity contribution in [1.29, 1.82) is 0 Å². The number of carbonyl (C=O) groups excluding carboxylic acids is 2. The average Bonchev–Trinajstić information content (AvgIpc) is 2.67. The van der Waals surface area contributed by atoms with E-state index in [2.05, 4.69) is 0 Å². The molecule has 0 saturated carbocycles. The molecule has 0 radical (unpaired) electrons. The van der Waals surface area contributed by atoms with Crippen molar-refractivity contribution < 1.29 is 14.3 Å². The Hall–Kier alpha value is -1.88. The first kappa shape index (κ1) is 11.2. The quantitative estimate of drug-likeness (QED) is 0.771. The Morgan fingerprint density at radius 1 is 1.33 bits per heavy atom. The average molecular weight is 246 g/mol. The van der Waals surface area contributed by atoms with E-state index < -0.39 is 0 Å². The van der Waals surface area contributed by atoms with Crippen LogP contribution in [0.25, 0.3) is 0 Å². The molecule has 1 saturated heterocycles. The highest BCUT2D eigenvalue weighted by molar-refractivity contribution is 5.96. The van der Waals surface area contributed by atoms with E-state index in [1.165, 1.54) is 0 Å². The molecule has 5 heteroatoms. The number of nitrogens with two attached hydrogens (primary N) is 1. The number of carbonyl (C=O) groups is 2. The van der Waals surface area contributed by atoms with Gasteiger partial charge in [-0.2, -0.15) is 0 Å². The van der Waals surface area contributed by atoms with Crippen molar-refractivity contribution in [3.8, 4) is 5.75 Å². The van der Waals surface area contributed by atoms with E-state index in [4.69, 9.17) is 10.5 Å². The molecule has 0 spiro atoms. The Bertz CT molecular complexity index is 527. The summed E-state index contributed by atoms with van der Waals surface area (Å²) >= 11 is 0. The molecular weight excluding hydrogens is 232 g/mol. The lowest BCUT2D eigenvalue weighted by Gasteiger charge is -2.21. The number of Topliss-reactive ketones (excluding diaryl/α,β-unsaturated/α-hetero) is 1. The first-order valence-electron chi connectivity index (χ1n) is 5.97. The summed E-state index contributed by atoms with van der Waals surface area (Å²) in [6.45, 7) is 0.673. The molecule has 1 unspecified atom stereocenters. The number of ether oxygens (including phenoxy) is 1. The van der Waals surface area contributed by atoms with E-state index in [-0.39, 0.29) is 24.3 Å². The normalized spacial score (nSPS) is 22.9. The highest BCUT2D eigenvalue weighted by atomic mass is 16.5. The van der Waals surface area contributed by atoms with Gasteiger partial charge in [0.05, 0.1) is 0 Å². The van der Waals surface area contributed by atoms with Crippen molar-refractivity contribution in [3.63, 3.8) is 0 Å². The van der Waals surface area contributed by atoms with Crippen LogP contribution in [-0.2, 0) is 16.0 Å². The summed E-state index contributed by atoms with van der Waals surface area (Å²) in [5.41, 5.74) is 7.41. The third-order valence-electron chi connectivity index (χ3n) is 3.29. The van der Waals surface area contributed by atoms with Gasteiger partial charge in [0.1, 0.15) is 12.4 Å². The van der Waals surface area contributed by atoms with Crippen LogP contribution in [0, 0.1) is 0 Å². The topological polar surface area (TPSA) is 72.6 Å². The minimum Gasteiger partial charge on any atom is -0.486 e. The molecule has 0 bridgehead atoms. The van der Waals surface area contributed by atoms with E-state index in [9.17, 15) is 9.59 Å². The number of hydrogen-bond donors (Lipinski definition) is 1. The summed E-state index contributed by atoms with van der Waals surface area (Å²) in [6.07, 6.45) is 0.754. The summed E-state index contributed by atoms with van der Waals surface area (Å²) in [7, 11) is 0. The number of amides is 1. The molecule has 1 aromatic carbocycles. The van der Waals surface area contributed by atoms with E-state index in [0.29, 0.717) is 19.4 Å². The summed E-state index contributed by atoms with van der Waals surface area (Å²) in [6, 6.07) is 5.40. The molecule has 1 aromatic rings. The molecule has 2 aliphatic rings. The molecule has 2 aliphatic heterocycles. The second kappa shape index (κ2) is 4.10. The smallest absolute Gasteiger partial charge is 0.228 e. The van der Waals surface area contributed by atoms with Gasteiger partial charge >= 0.3 is 0 Å². The highest BCUT2D eigenvalue weighted by Gasteiger charge is 2.29. The number of rotatable bonds is 1. The Balaban J connectivity index is 1.92. The second-order valence-electron chi connectivity index (χ2n) is 4.76. The van der Waals surface area contributed by atoms with Crippen LogP contribution in [-0.4, -0.2) is 30.9 Å². The van der Waals surface area contributed by atoms with Crippen LogP contribution in [0.2, 0.25) is 0 Å². The maximum absolute atomic E-state index is 11.8. The third kappa shape index (κ3) is 1.86. The largest absolute Gasteiger partial charge is 0.486 e. The lowest BCUT2D eigenvalue weighted by molar-refractivity contribution is -0.121. The molecular formula is C13H14N2O3. The SMILES string of the molecule is NC1CC(=O)N(c2ccc3c(c2)CC(=O)CO3)C1. The van der Waals surface area contributed by atoms with E-state index >= 15 is 0 Å². The monoisotopic (exact) mass is 246 g/mol. The van der Waals surface area contributed by atoms with Gasteiger partial charge in [0.15, 0.2) is 5.78 Å². The fourth-order valence-electron chi connectivity index (χ4n) is 2.42. The van der Waals surface area contributed by atoms with Crippen molar-refractivity contribution in [2.45, 2.75) is 18.9 Å². The summed E-state index contributed by atoms with van der Waals surface area (Å²) in [5, 5.41) is 0. The molecule has 3 rings (SSSR count). The zero-order chi connectivity index (χ0) is 12.7. The van der Waals surface area contributed by atoms with E-state index in [0.717, 1.165) is 17.0 Å². The summed E-state index contributed by atoms with van der Waals surface area (Å²) in [4.78, 5) is 24.8. The Kier molecular flexibility index (Phi) is 2.56. The summed E-state index contributed by atoms with van der Waals surface area (Å²) in [5.74, 6) is 0.823. The van der Waals surface area contributed by atoms with Gasteiger partial charge in [0.2, 0.25) is 5.91 Å². The van der Waals surface area contributed by atoms with Gasteiger partial charge in [-0.25, -0.2) is 0 Å². The first-order valence-corrected chi connectivity index (χ1v) is 5.97. The Labute approximate surface area is 105 Å². The predicted octanol–water partition coefficient (Wildman–Crippen LogP) is 0.255. The number of nitrogens with zero attached hydrogens (tertiary/aromatic N) is 1. The Morgan fingerprint density at radius 3 is 2.89 bits per heavy atom. The number of hydrogen-bond acceptors (Lipinski definition) is 4. The van der Waals surface area contributed by atoms with Gasteiger partial charge in [-0.05, 0) is 18.2 Å². The zero-order valence-corrected chi connectivity index (χ0v) is 9.89. The lowest BCUT2D eigenvalue weighted by atomic mass is 10.0. The molecule has 1 amide bonds. The minimum absolute atomic E-state index is 0.0329. The van der Waals surface area contributed by atoms with Crippen LogP contribution in [0.15, 0.2) is 18.2 Å². The number of ketones is 1. The van der Waals surface area contributed by atoms with Gasteiger partial charge < -0.3 is 15.4 Å². The van der Waals surface area contributed by atoms with Crippen molar-refractivity contribution in [3.05, 3.63) is 23.8 Å². The van der Waals surface area contributed by atoms with Crippen LogP contribution in [0.4, 0.5) is 5.69 Å². The van der Waals surface area contributed by atoms with Crippen molar-refractivity contribution in [2.24, 2.45) is 5.73 Å². The molecule has 0 aromatic heterocycles. The molecule has 18 heavy (non-hydrogen) atoms. The summed E-state index contributed by atoms with van der Waals surface area (Å²) < 4.78 is 5.32. The van der Waals surface area contributed by atoms with Gasteiger partial charge in [0.25, 0.3) is 0 Å². The zero-order valence-electron chi connectivity index (χ0n) is 9.89. The lowest BCUT2D eigenvalue weighted by Crippen LogP contribution is -2.28. The molecule has 0 aliphatic carbocycles. The fraction of sp³-hybridized carbons (Fsp3) is 0.385. The molecule has 1 atom stereocenters. The standard InChI is InChI=1S/C13H14N2O3/c14-9-5-13(17)15(6-9)10-1-2-12-8(3-10)4-11(16)7-18-12/h1-3,9H,4-7,14H2. The molecule has 2 N–H and O–H groups in total. The number of anilines is 1. The second-order valence-corrected chi connectivity index (χ2v) is 4.76. The van der Waals surface area contributed by atoms with Gasteiger partial charge in [-0.1, -0.05) is 0 Å². The van der Waals surface area contributed by atoms with Gasteiger partial charge in [0, 0.05) is 36.7 Å². The molecule has 94 valence electrons. The first-order chi connectivity index (χ1) is 8.63. The van der Waals surface area contributed by atoms with Gasteiger partial charge in [-0.15, -0.1) is 0 Å². The van der Waals surface area contributed by atoms with Crippen molar-refractivity contribution in [2.75, 3.05) is 18.1 Å². The molecule has 1 fully saturated rings.